The van der Waals surface area contributed by atoms with Gasteiger partial charge in [-0.15, -0.1) is 0 Å². The second-order valence-electron chi connectivity index (χ2n) is 8.01. The van der Waals surface area contributed by atoms with Crippen LogP contribution in [0.4, 0.5) is 11.4 Å². The Kier molecular flexibility index (Phi) is 6.16. The number of nitrogens with zero attached hydrogens (tertiary/aromatic N) is 3. The number of aromatic nitrogens is 3. The molecule has 0 bridgehead atoms. The van der Waals surface area contributed by atoms with Crippen LogP contribution in [0.1, 0.15) is 40.4 Å². The number of benzene rings is 2. The largest absolute Gasteiger partial charge is 0.323 e. The van der Waals surface area contributed by atoms with Gasteiger partial charge in [0.15, 0.2) is 0 Å². The van der Waals surface area contributed by atoms with Crippen molar-refractivity contribution in [2.45, 2.75) is 33.7 Å². The molecule has 4 rings (SSSR count). The van der Waals surface area contributed by atoms with E-state index in [-0.39, 0.29) is 11.8 Å². The van der Waals surface area contributed by atoms with Gasteiger partial charge in [-0.3, -0.25) is 19.3 Å². The number of hydrogen-bond donors (Lipinski definition) is 2. The molecule has 0 saturated carbocycles. The Hall–Kier alpha value is -3.71. The Morgan fingerprint density at radius 2 is 1.73 bits per heavy atom. The van der Waals surface area contributed by atoms with E-state index in [0.717, 1.165) is 28.0 Å². The smallest absolute Gasteiger partial charge is 0.256 e. The summed E-state index contributed by atoms with van der Waals surface area (Å²) in [6, 6.07) is 15.7. The third-order valence-corrected chi connectivity index (χ3v) is 5.68. The van der Waals surface area contributed by atoms with Gasteiger partial charge in [0, 0.05) is 22.5 Å². The SMILES string of the molecule is Cc1cc(C(=O)Nc2ccc(NC(=O)C(C)n3nc(C)cc3C)c(Cl)c2)c2ccccc2n1. The first-order valence-corrected chi connectivity index (χ1v) is 10.9. The highest BCUT2D eigenvalue weighted by Crippen LogP contribution is 2.27. The van der Waals surface area contributed by atoms with E-state index in [1.54, 1.807) is 35.9 Å². The Labute approximate surface area is 196 Å². The Morgan fingerprint density at radius 3 is 2.42 bits per heavy atom. The minimum absolute atomic E-state index is 0.237. The van der Waals surface area contributed by atoms with E-state index in [9.17, 15) is 9.59 Å². The lowest BCUT2D eigenvalue weighted by atomic mass is 10.1. The van der Waals surface area contributed by atoms with Crippen LogP contribution in [-0.4, -0.2) is 26.6 Å². The number of carbonyl (C=O) groups excluding carboxylic acids is 2. The zero-order valence-corrected chi connectivity index (χ0v) is 19.6. The summed E-state index contributed by atoms with van der Waals surface area (Å²) in [5, 5.41) is 11.2. The summed E-state index contributed by atoms with van der Waals surface area (Å²) < 4.78 is 1.67. The Bertz CT molecular complexity index is 1380. The molecule has 1 atom stereocenters. The van der Waals surface area contributed by atoms with Crippen molar-refractivity contribution in [2.24, 2.45) is 0 Å². The number of aryl methyl sites for hydroxylation is 3. The molecule has 33 heavy (non-hydrogen) atoms. The van der Waals surface area contributed by atoms with Crippen LogP contribution in [0.15, 0.2) is 54.6 Å². The van der Waals surface area contributed by atoms with Gasteiger partial charge in [-0.05, 0) is 64.1 Å². The predicted molar refractivity (Wildman–Crippen MR) is 131 cm³/mol. The zero-order chi connectivity index (χ0) is 23.7. The maximum atomic E-state index is 13.0. The summed E-state index contributed by atoms with van der Waals surface area (Å²) in [5.74, 6) is -0.499. The van der Waals surface area contributed by atoms with Crippen molar-refractivity contribution in [1.82, 2.24) is 14.8 Å². The van der Waals surface area contributed by atoms with Gasteiger partial charge in [0.05, 0.1) is 27.5 Å². The standard InChI is InChI=1S/C25H24ClN5O2/c1-14-12-20(19-7-5-6-8-22(19)27-14)25(33)28-18-9-10-23(21(26)13-18)29-24(32)17(4)31-16(3)11-15(2)30-31/h5-13,17H,1-4H3,(H,28,33)(H,29,32). The van der Waals surface area contributed by atoms with Gasteiger partial charge < -0.3 is 10.6 Å². The first-order chi connectivity index (χ1) is 15.7. The number of pyridine rings is 1. The molecule has 0 fully saturated rings. The van der Waals surface area contributed by atoms with Crippen LogP contribution >= 0.6 is 11.6 Å². The number of amides is 2. The van der Waals surface area contributed by atoms with E-state index >= 15 is 0 Å². The number of fused-ring (bicyclic) bond motifs is 1. The molecule has 0 aliphatic rings. The molecule has 8 heteroatoms. The minimum Gasteiger partial charge on any atom is -0.323 e. The average molecular weight is 462 g/mol. The predicted octanol–water partition coefficient (Wildman–Crippen LogP) is 5.46. The summed E-state index contributed by atoms with van der Waals surface area (Å²) >= 11 is 6.41. The van der Waals surface area contributed by atoms with Crippen LogP contribution < -0.4 is 10.6 Å². The fourth-order valence-electron chi connectivity index (χ4n) is 3.77. The van der Waals surface area contributed by atoms with Crippen molar-refractivity contribution in [1.29, 1.82) is 0 Å². The zero-order valence-electron chi connectivity index (χ0n) is 18.8. The van der Waals surface area contributed by atoms with Crippen LogP contribution in [0.3, 0.4) is 0 Å². The van der Waals surface area contributed by atoms with Gasteiger partial charge in [-0.1, -0.05) is 29.8 Å². The second kappa shape index (κ2) is 9.03. The highest BCUT2D eigenvalue weighted by Gasteiger charge is 2.19. The highest BCUT2D eigenvalue weighted by atomic mass is 35.5. The number of hydrogen-bond acceptors (Lipinski definition) is 4. The van der Waals surface area contributed by atoms with Crippen molar-refractivity contribution in [3.8, 4) is 0 Å². The summed E-state index contributed by atoms with van der Waals surface area (Å²) in [6.07, 6.45) is 0. The van der Waals surface area contributed by atoms with Crippen LogP contribution in [-0.2, 0) is 4.79 Å². The molecule has 0 aliphatic carbocycles. The maximum absolute atomic E-state index is 13.0. The summed E-state index contributed by atoms with van der Waals surface area (Å²) in [6.45, 7) is 7.42. The fraction of sp³-hybridized carbons (Fsp3) is 0.200. The Morgan fingerprint density at radius 1 is 0.970 bits per heavy atom. The van der Waals surface area contributed by atoms with Crippen LogP contribution in [0, 0.1) is 20.8 Å². The van der Waals surface area contributed by atoms with Gasteiger partial charge in [-0.25, -0.2) is 0 Å². The molecule has 4 aromatic rings. The quantitative estimate of drug-likeness (QED) is 0.413. The normalized spacial score (nSPS) is 11.9. The molecule has 7 nitrogen and oxygen atoms in total. The molecule has 1 unspecified atom stereocenters. The Balaban J connectivity index is 1.51. The van der Waals surface area contributed by atoms with Crippen molar-refractivity contribution in [2.75, 3.05) is 10.6 Å². The molecule has 0 spiro atoms. The molecular formula is C25H24ClN5O2. The third kappa shape index (κ3) is 4.73. The number of carbonyl (C=O) groups is 2. The topological polar surface area (TPSA) is 88.9 Å². The second-order valence-corrected chi connectivity index (χ2v) is 8.42. The number of anilines is 2. The van der Waals surface area contributed by atoms with Gasteiger partial charge in [-0.2, -0.15) is 5.10 Å². The summed E-state index contributed by atoms with van der Waals surface area (Å²) in [5.41, 5.74) is 4.78. The summed E-state index contributed by atoms with van der Waals surface area (Å²) in [7, 11) is 0. The fourth-order valence-corrected chi connectivity index (χ4v) is 4.00. The van der Waals surface area contributed by atoms with Crippen LogP contribution in [0.25, 0.3) is 10.9 Å². The van der Waals surface area contributed by atoms with Crippen LogP contribution in [0.5, 0.6) is 0 Å². The molecule has 2 amide bonds. The minimum atomic E-state index is -0.502. The van der Waals surface area contributed by atoms with E-state index in [4.69, 9.17) is 11.6 Å². The molecule has 168 valence electrons. The van der Waals surface area contributed by atoms with Crippen molar-refractivity contribution in [3.63, 3.8) is 0 Å². The lowest BCUT2D eigenvalue weighted by Crippen LogP contribution is -2.25. The average Bonchev–Trinajstić information content (AvgIpc) is 3.12. The van der Waals surface area contributed by atoms with E-state index in [0.29, 0.717) is 22.0 Å². The van der Waals surface area contributed by atoms with Crippen LogP contribution in [0.2, 0.25) is 5.02 Å². The van der Waals surface area contributed by atoms with Crippen molar-refractivity contribution < 1.29 is 9.59 Å². The van der Waals surface area contributed by atoms with Crippen molar-refractivity contribution >= 4 is 45.7 Å². The molecule has 0 radical (unpaired) electrons. The number of para-hydroxylation sites is 1. The van der Waals surface area contributed by atoms with E-state index in [2.05, 4.69) is 20.7 Å². The van der Waals surface area contributed by atoms with E-state index < -0.39 is 6.04 Å². The van der Waals surface area contributed by atoms with Gasteiger partial charge in [0.2, 0.25) is 5.91 Å². The monoisotopic (exact) mass is 461 g/mol. The van der Waals surface area contributed by atoms with E-state index in [1.165, 1.54) is 0 Å². The first kappa shape index (κ1) is 22.5. The molecule has 0 aliphatic heterocycles. The number of rotatable bonds is 5. The summed E-state index contributed by atoms with van der Waals surface area (Å²) in [4.78, 5) is 30.2. The molecule has 2 aromatic heterocycles. The highest BCUT2D eigenvalue weighted by molar-refractivity contribution is 6.34. The number of nitrogens with one attached hydrogen (secondary N) is 2. The van der Waals surface area contributed by atoms with Gasteiger partial charge in [0.1, 0.15) is 6.04 Å². The molecule has 2 heterocycles. The lowest BCUT2D eigenvalue weighted by Gasteiger charge is -2.16. The third-order valence-electron chi connectivity index (χ3n) is 5.36. The maximum Gasteiger partial charge on any atom is 0.256 e. The molecular weight excluding hydrogens is 438 g/mol. The molecule has 2 N–H and O–H groups in total. The van der Waals surface area contributed by atoms with Gasteiger partial charge in [0.25, 0.3) is 5.91 Å². The van der Waals surface area contributed by atoms with Gasteiger partial charge >= 0.3 is 0 Å². The number of halogens is 1. The first-order valence-electron chi connectivity index (χ1n) is 10.5. The van der Waals surface area contributed by atoms with E-state index in [1.807, 2.05) is 51.1 Å². The molecule has 0 saturated heterocycles. The van der Waals surface area contributed by atoms with Crippen molar-refractivity contribution in [3.05, 3.63) is 82.3 Å². The molecule has 2 aromatic carbocycles. The lowest BCUT2D eigenvalue weighted by molar-refractivity contribution is -0.119.